The number of aryl methyl sites for hydroxylation is 6. The molecule has 0 aliphatic carbocycles. The summed E-state index contributed by atoms with van der Waals surface area (Å²) in [5.74, 6) is 0. The van der Waals surface area contributed by atoms with Crippen LogP contribution in [0.25, 0.3) is 27.8 Å². The molecular weight excluding hydrogens is 380 g/mol. The smallest absolute Gasteiger partial charge is 0.165 e. The van der Waals surface area contributed by atoms with Gasteiger partial charge >= 0.3 is 0 Å². The monoisotopic (exact) mass is 416 g/mol. The van der Waals surface area contributed by atoms with Gasteiger partial charge in [0, 0.05) is 17.1 Å². The van der Waals surface area contributed by atoms with Crippen LogP contribution < -0.4 is 0 Å². The van der Waals surface area contributed by atoms with Gasteiger partial charge < -0.3 is 4.57 Å². The molecule has 3 heterocycles. The largest absolute Gasteiger partial charge is 0.327 e. The number of fused-ring (bicyclic) bond motifs is 3. The predicted molar refractivity (Wildman–Crippen MR) is 131 cm³/mol. The van der Waals surface area contributed by atoms with Crippen LogP contribution in [-0.2, 0) is 6.42 Å². The molecule has 0 saturated heterocycles. The second-order valence-electron chi connectivity index (χ2n) is 9.30. The highest BCUT2D eigenvalue weighted by atomic mass is 15.3. The molecule has 0 fully saturated rings. The molecule has 164 valence electrons. The fourth-order valence-corrected chi connectivity index (χ4v) is 5.39. The van der Waals surface area contributed by atoms with Crippen molar-refractivity contribution in [2.45, 2.75) is 87.1 Å². The van der Waals surface area contributed by atoms with Crippen molar-refractivity contribution in [2.75, 3.05) is 0 Å². The van der Waals surface area contributed by atoms with Gasteiger partial charge in [-0.25, -0.2) is 4.98 Å². The SMILES string of the molecule is CCCc1cc2c(C)nc3c(-c4c(C)cc(C)cc4C)c(C)nn3c2n1C(C)CCC. The molecule has 4 nitrogen and oxygen atoms in total. The highest BCUT2D eigenvalue weighted by Gasteiger charge is 2.23. The molecule has 0 N–H and O–H groups in total. The van der Waals surface area contributed by atoms with E-state index in [9.17, 15) is 0 Å². The zero-order valence-electron chi connectivity index (χ0n) is 20.4. The minimum absolute atomic E-state index is 0.435. The van der Waals surface area contributed by atoms with Crippen molar-refractivity contribution in [1.82, 2.24) is 19.2 Å². The van der Waals surface area contributed by atoms with Crippen LogP contribution in [0, 0.1) is 34.6 Å². The average molecular weight is 417 g/mol. The Bertz CT molecular complexity index is 1250. The van der Waals surface area contributed by atoms with Crippen LogP contribution in [-0.4, -0.2) is 19.2 Å². The Balaban J connectivity index is 2.12. The molecule has 0 bridgehead atoms. The maximum atomic E-state index is 5.11. The van der Waals surface area contributed by atoms with Crippen molar-refractivity contribution in [1.29, 1.82) is 0 Å². The summed E-state index contributed by atoms with van der Waals surface area (Å²) in [6.45, 7) is 17.7. The second kappa shape index (κ2) is 8.14. The van der Waals surface area contributed by atoms with Crippen LogP contribution in [0.4, 0.5) is 0 Å². The number of hydrogen-bond acceptors (Lipinski definition) is 2. The number of aromatic nitrogens is 4. The first-order chi connectivity index (χ1) is 14.8. The second-order valence-corrected chi connectivity index (χ2v) is 9.30. The van der Waals surface area contributed by atoms with Gasteiger partial charge in [-0.2, -0.15) is 9.61 Å². The van der Waals surface area contributed by atoms with Crippen LogP contribution in [0.5, 0.6) is 0 Å². The van der Waals surface area contributed by atoms with Gasteiger partial charge in [-0.05, 0) is 77.1 Å². The van der Waals surface area contributed by atoms with Gasteiger partial charge in [0.05, 0.1) is 17.0 Å². The van der Waals surface area contributed by atoms with E-state index in [1.54, 1.807) is 0 Å². The molecule has 0 aliphatic rings. The first-order valence-corrected chi connectivity index (χ1v) is 11.8. The van der Waals surface area contributed by atoms with Gasteiger partial charge in [-0.3, -0.25) is 0 Å². The number of nitrogens with zero attached hydrogens (tertiary/aromatic N) is 4. The molecule has 4 aromatic rings. The quantitative estimate of drug-likeness (QED) is 0.333. The summed E-state index contributed by atoms with van der Waals surface area (Å²) in [4.78, 5) is 5.11. The Morgan fingerprint density at radius 2 is 1.55 bits per heavy atom. The Morgan fingerprint density at radius 1 is 0.871 bits per heavy atom. The highest BCUT2D eigenvalue weighted by Crippen LogP contribution is 2.37. The molecule has 4 rings (SSSR count). The van der Waals surface area contributed by atoms with E-state index in [0.29, 0.717) is 6.04 Å². The molecular formula is C27H36N4. The van der Waals surface area contributed by atoms with E-state index in [2.05, 4.69) is 82.7 Å². The van der Waals surface area contributed by atoms with Gasteiger partial charge in [0.2, 0.25) is 0 Å². The fourth-order valence-electron chi connectivity index (χ4n) is 5.39. The van der Waals surface area contributed by atoms with Gasteiger partial charge in [-0.1, -0.05) is 44.4 Å². The molecule has 1 atom stereocenters. The zero-order chi connectivity index (χ0) is 22.4. The number of hydrogen-bond donors (Lipinski definition) is 0. The van der Waals surface area contributed by atoms with Gasteiger partial charge in [0.25, 0.3) is 0 Å². The highest BCUT2D eigenvalue weighted by molar-refractivity contribution is 5.90. The normalized spacial score (nSPS) is 12.9. The predicted octanol–water partition coefficient (Wildman–Crippen LogP) is 7.21. The minimum Gasteiger partial charge on any atom is -0.327 e. The number of rotatable bonds is 6. The third-order valence-electron chi connectivity index (χ3n) is 6.57. The van der Waals surface area contributed by atoms with E-state index in [4.69, 9.17) is 10.1 Å². The zero-order valence-corrected chi connectivity index (χ0v) is 20.4. The van der Waals surface area contributed by atoms with E-state index < -0.39 is 0 Å². The van der Waals surface area contributed by atoms with Crippen LogP contribution in [0.15, 0.2) is 18.2 Å². The third kappa shape index (κ3) is 3.46. The minimum atomic E-state index is 0.435. The van der Waals surface area contributed by atoms with Crippen molar-refractivity contribution >= 4 is 16.7 Å². The Morgan fingerprint density at radius 3 is 2.16 bits per heavy atom. The van der Waals surface area contributed by atoms with Crippen LogP contribution in [0.3, 0.4) is 0 Å². The lowest BCUT2D eigenvalue weighted by atomic mass is 9.94. The lowest BCUT2D eigenvalue weighted by Crippen LogP contribution is -2.11. The van der Waals surface area contributed by atoms with Crippen LogP contribution in [0.2, 0.25) is 0 Å². The average Bonchev–Trinajstić information content (AvgIpc) is 3.21. The summed E-state index contributed by atoms with van der Waals surface area (Å²) >= 11 is 0. The topological polar surface area (TPSA) is 35.1 Å². The Hall–Kier alpha value is -2.62. The molecule has 0 aliphatic heterocycles. The molecule has 1 aromatic carbocycles. The summed E-state index contributed by atoms with van der Waals surface area (Å²) < 4.78 is 4.66. The molecule has 0 spiro atoms. The van der Waals surface area contributed by atoms with Crippen LogP contribution >= 0.6 is 0 Å². The van der Waals surface area contributed by atoms with E-state index in [-0.39, 0.29) is 0 Å². The summed E-state index contributed by atoms with van der Waals surface area (Å²) in [6, 6.07) is 7.32. The molecule has 0 amide bonds. The Kier molecular flexibility index (Phi) is 5.67. The Labute approximate surface area is 186 Å². The summed E-state index contributed by atoms with van der Waals surface area (Å²) in [6.07, 6.45) is 4.54. The van der Waals surface area contributed by atoms with Gasteiger partial charge in [-0.15, -0.1) is 0 Å². The van der Waals surface area contributed by atoms with Crippen molar-refractivity contribution in [3.8, 4) is 11.1 Å². The first-order valence-electron chi connectivity index (χ1n) is 11.8. The fraction of sp³-hybridized carbons (Fsp3) is 0.481. The third-order valence-corrected chi connectivity index (χ3v) is 6.57. The van der Waals surface area contributed by atoms with Crippen molar-refractivity contribution in [3.63, 3.8) is 0 Å². The van der Waals surface area contributed by atoms with Crippen molar-refractivity contribution in [3.05, 3.63) is 52.0 Å². The molecule has 31 heavy (non-hydrogen) atoms. The van der Waals surface area contributed by atoms with E-state index in [1.807, 2.05) is 0 Å². The van der Waals surface area contributed by atoms with Crippen LogP contribution in [0.1, 0.15) is 79.8 Å². The van der Waals surface area contributed by atoms with E-state index >= 15 is 0 Å². The van der Waals surface area contributed by atoms with E-state index in [0.717, 1.165) is 36.3 Å². The molecule has 4 heteroatoms. The van der Waals surface area contributed by atoms with Gasteiger partial charge in [0.15, 0.2) is 5.65 Å². The lowest BCUT2D eigenvalue weighted by Gasteiger charge is -2.18. The lowest BCUT2D eigenvalue weighted by molar-refractivity contribution is 0.493. The maximum absolute atomic E-state index is 5.11. The maximum Gasteiger partial charge on any atom is 0.165 e. The molecule has 1 unspecified atom stereocenters. The standard InChI is InChI=1S/C27H36N4/c1-9-11-19(6)30-22(12-10-2)15-23-20(7)28-26-25(21(8)29-31(26)27(23)30)24-17(4)13-16(3)14-18(24)5/h13-15,19H,9-12H2,1-8H3. The summed E-state index contributed by atoms with van der Waals surface area (Å²) in [5.41, 5.74) is 12.0. The van der Waals surface area contributed by atoms with Crippen molar-refractivity contribution < 1.29 is 0 Å². The van der Waals surface area contributed by atoms with Gasteiger partial charge in [0.1, 0.15) is 5.65 Å². The summed E-state index contributed by atoms with van der Waals surface area (Å²) in [5, 5.41) is 6.30. The first kappa shape index (κ1) is 21.6. The molecule has 0 radical (unpaired) electrons. The molecule has 0 saturated carbocycles. The van der Waals surface area contributed by atoms with Crippen molar-refractivity contribution in [2.24, 2.45) is 0 Å². The summed E-state index contributed by atoms with van der Waals surface area (Å²) in [7, 11) is 0. The van der Waals surface area contributed by atoms with E-state index in [1.165, 1.54) is 51.0 Å². The number of benzene rings is 1. The molecule has 3 aromatic heterocycles.